The number of benzene rings is 1. The lowest BCUT2D eigenvalue weighted by Crippen LogP contribution is -2.35. The molecule has 1 aliphatic rings. The monoisotopic (exact) mass is 310 g/mol. The van der Waals surface area contributed by atoms with Gasteiger partial charge in [-0.2, -0.15) is 0 Å². The van der Waals surface area contributed by atoms with E-state index < -0.39 is 10.0 Å². The summed E-state index contributed by atoms with van der Waals surface area (Å²) in [7, 11) is -2.05. The summed E-state index contributed by atoms with van der Waals surface area (Å²) in [6, 6.07) is 3.38. The van der Waals surface area contributed by atoms with Crippen molar-refractivity contribution in [2.75, 3.05) is 7.05 Å². The van der Waals surface area contributed by atoms with Crippen molar-refractivity contribution in [1.29, 1.82) is 0 Å². The summed E-state index contributed by atoms with van der Waals surface area (Å²) in [6.45, 7) is 3.49. The van der Waals surface area contributed by atoms with E-state index in [9.17, 15) is 13.2 Å². The Morgan fingerprint density at radius 1 is 1.24 bits per heavy atom. The van der Waals surface area contributed by atoms with Gasteiger partial charge in [-0.15, -0.1) is 0 Å². The quantitative estimate of drug-likeness (QED) is 0.926. The molecule has 2 N–H and O–H groups in total. The van der Waals surface area contributed by atoms with Crippen LogP contribution in [0, 0.1) is 13.8 Å². The zero-order valence-corrected chi connectivity index (χ0v) is 13.5. The van der Waals surface area contributed by atoms with Crippen molar-refractivity contribution in [2.24, 2.45) is 5.14 Å². The first-order chi connectivity index (χ1) is 9.71. The average Bonchev–Trinajstić information content (AvgIpc) is 2.92. The van der Waals surface area contributed by atoms with Crippen LogP contribution in [0.2, 0.25) is 0 Å². The molecule has 0 aromatic heterocycles. The van der Waals surface area contributed by atoms with E-state index in [-0.39, 0.29) is 16.8 Å². The summed E-state index contributed by atoms with van der Waals surface area (Å²) >= 11 is 0. The molecular weight excluding hydrogens is 288 g/mol. The first-order valence-electron chi connectivity index (χ1n) is 7.13. The zero-order valence-electron chi connectivity index (χ0n) is 12.7. The molecule has 1 aliphatic carbocycles. The molecule has 0 unspecified atom stereocenters. The largest absolute Gasteiger partial charge is 0.339 e. The van der Waals surface area contributed by atoms with Gasteiger partial charge in [-0.1, -0.05) is 12.8 Å². The second-order valence-corrected chi connectivity index (χ2v) is 7.35. The van der Waals surface area contributed by atoms with Gasteiger partial charge in [0.2, 0.25) is 10.0 Å². The minimum Gasteiger partial charge on any atom is -0.339 e. The van der Waals surface area contributed by atoms with Crippen molar-refractivity contribution in [1.82, 2.24) is 4.90 Å². The fourth-order valence-corrected chi connectivity index (χ4v) is 3.79. The standard InChI is InChI=1S/C15H22N2O3S/c1-10-8-12(9-14(11(10)2)21(16,19)20)15(18)17(3)13-6-4-5-7-13/h8-9,13H,4-7H2,1-3H3,(H2,16,19,20). The number of rotatable bonds is 3. The van der Waals surface area contributed by atoms with Gasteiger partial charge in [0.05, 0.1) is 4.90 Å². The maximum absolute atomic E-state index is 12.6. The molecule has 1 saturated carbocycles. The predicted octanol–water partition coefficient (Wildman–Crippen LogP) is 1.97. The van der Waals surface area contributed by atoms with Crippen LogP contribution in [0.15, 0.2) is 17.0 Å². The van der Waals surface area contributed by atoms with Crippen molar-refractivity contribution >= 4 is 15.9 Å². The second-order valence-electron chi connectivity index (χ2n) is 5.82. The van der Waals surface area contributed by atoms with Crippen molar-refractivity contribution in [2.45, 2.75) is 50.5 Å². The Morgan fingerprint density at radius 3 is 2.33 bits per heavy atom. The Hall–Kier alpha value is -1.40. The van der Waals surface area contributed by atoms with Crippen LogP contribution < -0.4 is 5.14 Å². The molecule has 5 nitrogen and oxygen atoms in total. The summed E-state index contributed by atoms with van der Waals surface area (Å²) in [5.41, 5.74) is 1.73. The smallest absolute Gasteiger partial charge is 0.253 e. The minimum atomic E-state index is -3.83. The number of nitrogens with zero attached hydrogens (tertiary/aromatic N) is 1. The van der Waals surface area contributed by atoms with Gasteiger partial charge in [-0.3, -0.25) is 4.79 Å². The molecule has 21 heavy (non-hydrogen) atoms. The Morgan fingerprint density at radius 2 is 1.81 bits per heavy atom. The van der Waals surface area contributed by atoms with Crippen LogP contribution in [0.1, 0.15) is 47.2 Å². The molecule has 0 spiro atoms. The van der Waals surface area contributed by atoms with Gasteiger partial charge >= 0.3 is 0 Å². The fraction of sp³-hybridized carbons (Fsp3) is 0.533. The van der Waals surface area contributed by atoms with Gasteiger partial charge < -0.3 is 4.90 Å². The number of sulfonamides is 1. The first-order valence-corrected chi connectivity index (χ1v) is 8.67. The van der Waals surface area contributed by atoms with Crippen LogP contribution in [0.4, 0.5) is 0 Å². The van der Waals surface area contributed by atoms with Gasteiger partial charge in [0.25, 0.3) is 5.91 Å². The van der Waals surface area contributed by atoms with Crippen LogP contribution in [-0.4, -0.2) is 32.3 Å². The second kappa shape index (κ2) is 5.77. The molecule has 0 radical (unpaired) electrons. The molecule has 1 amide bonds. The third kappa shape index (κ3) is 3.27. The molecular formula is C15H22N2O3S. The van der Waals surface area contributed by atoms with Crippen molar-refractivity contribution in [3.8, 4) is 0 Å². The number of hydrogen-bond donors (Lipinski definition) is 1. The number of carbonyl (C=O) groups is 1. The van der Waals surface area contributed by atoms with Crippen LogP contribution >= 0.6 is 0 Å². The molecule has 0 atom stereocenters. The lowest BCUT2D eigenvalue weighted by Gasteiger charge is -2.25. The maximum atomic E-state index is 12.6. The van der Waals surface area contributed by atoms with Gasteiger partial charge in [0.15, 0.2) is 0 Å². The van der Waals surface area contributed by atoms with E-state index in [0.717, 1.165) is 31.2 Å². The van der Waals surface area contributed by atoms with E-state index in [4.69, 9.17) is 5.14 Å². The number of amides is 1. The molecule has 0 saturated heterocycles. The van der Waals surface area contributed by atoms with E-state index in [1.807, 2.05) is 0 Å². The van der Waals surface area contributed by atoms with Crippen molar-refractivity contribution < 1.29 is 13.2 Å². The van der Waals surface area contributed by atoms with E-state index >= 15 is 0 Å². The van der Waals surface area contributed by atoms with Gasteiger partial charge in [-0.25, -0.2) is 13.6 Å². The van der Waals surface area contributed by atoms with E-state index in [0.29, 0.717) is 11.1 Å². The highest BCUT2D eigenvalue weighted by atomic mass is 32.2. The van der Waals surface area contributed by atoms with E-state index in [1.165, 1.54) is 6.07 Å². The van der Waals surface area contributed by atoms with Gasteiger partial charge in [-0.05, 0) is 49.9 Å². The van der Waals surface area contributed by atoms with Crippen molar-refractivity contribution in [3.63, 3.8) is 0 Å². The Labute approximate surface area is 126 Å². The number of carbonyl (C=O) groups excluding carboxylic acids is 1. The van der Waals surface area contributed by atoms with E-state index in [1.54, 1.807) is 31.9 Å². The lowest BCUT2D eigenvalue weighted by molar-refractivity contribution is 0.0735. The molecule has 116 valence electrons. The predicted molar refractivity (Wildman–Crippen MR) is 81.6 cm³/mol. The molecule has 0 heterocycles. The third-order valence-corrected chi connectivity index (χ3v) is 5.40. The third-order valence-electron chi connectivity index (χ3n) is 4.37. The number of hydrogen-bond acceptors (Lipinski definition) is 3. The fourth-order valence-electron chi connectivity index (χ4n) is 2.91. The molecule has 1 aromatic carbocycles. The van der Waals surface area contributed by atoms with Crippen LogP contribution in [0.3, 0.4) is 0 Å². The SMILES string of the molecule is Cc1cc(C(=O)N(C)C2CCCC2)cc(S(N)(=O)=O)c1C. The summed E-state index contributed by atoms with van der Waals surface area (Å²) in [6.07, 6.45) is 4.29. The molecule has 1 fully saturated rings. The highest BCUT2D eigenvalue weighted by Crippen LogP contribution is 2.25. The highest BCUT2D eigenvalue weighted by molar-refractivity contribution is 7.89. The minimum absolute atomic E-state index is 0.0330. The number of aryl methyl sites for hydroxylation is 1. The summed E-state index contributed by atoms with van der Waals surface area (Å²) in [5.74, 6) is -0.144. The zero-order chi connectivity index (χ0) is 15.8. The summed E-state index contributed by atoms with van der Waals surface area (Å²) in [5, 5.41) is 5.24. The van der Waals surface area contributed by atoms with Gasteiger partial charge in [0, 0.05) is 18.7 Å². The molecule has 6 heteroatoms. The average molecular weight is 310 g/mol. The maximum Gasteiger partial charge on any atom is 0.253 e. The molecule has 2 rings (SSSR count). The van der Waals surface area contributed by atoms with Crippen LogP contribution in [-0.2, 0) is 10.0 Å². The Balaban J connectivity index is 2.40. The normalized spacial score (nSPS) is 16.2. The molecule has 0 aliphatic heterocycles. The van der Waals surface area contributed by atoms with Gasteiger partial charge in [0.1, 0.15) is 0 Å². The summed E-state index contributed by atoms with van der Waals surface area (Å²) in [4.78, 5) is 14.3. The molecule has 1 aromatic rings. The Kier molecular flexibility index (Phi) is 4.39. The van der Waals surface area contributed by atoms with Crippen molar-refractivity contribution in [3.05, 3.63) is 28.8 Å². The first kappa shape index (κ1) is 16.0. The highest BCUT2D eigenvalue weighted by Gasteiger charge is 2.25. The summed E-state index contributed by atoms with van der Waals surface area (Å²) < 4.78 is 23.3. The lowest BCUT2D eigenvalue weighted by atomic mass is 10.0. The molecule has 0 bridgehead atoms. The topological polar surface area (TPSA) is 80.5 Å². The van der Waals surface area contributed by atoms with E-state index in [2.05, 4.69) is 0 Å². The number of primary sulfonamides is 1. The Bertz CT molecular complexity index is 662. The van der Waals surface area contributed by atoms with Crippen LogP contribution in [0.25, 0.3) is 0 Å². The number of nitrogens with two attached hydrogens (primary N) is 1. The van der Waals surface area contributed by atoms with Crippen LogP contribution in [0.5, 0.6) is 0 Å².